The number of hydrogen-bond acceptors (Lipinski definition) is 4. The highest BCUT2D eigenvalue weighted by molar-refractivity contribution is 5.89. The predicted octanol–water partition coefficient (Wildman–Crippen LogP) is 3.65. The molecule has 160 valence electrons. The molecule has 1 aliphatic rings. The summed E-state index contributed by atoms with van der Waals surface area (Å²) >= 11 is 0. The number of piperazine rings is 1. The van der Waals surface area contributed by atoms with Crippen molar-refractivity contribution in [1.82, 2.24) is 14.8 Å². The minimum Gasteiger partial charge on any atom is -0.465 e. The molecule has 0 aliphatic carbocycles. The molecule has 2 aromatic carbocycles. The highest BCUT2D eigenvalue weighted by atomic mass is 35.5. The first-order chi connectivity index (χ1) is 14.2. The molecule has 1 fully saturated rings. The van der Waals surface area contributed by atoms with Crippen LogP contribution in [0.5, 0.6) is 0 Å². The number of nitrogens with one attached hydrogen (secondary N) is 1. The lowest BCUT2D eigenvalue weighted by Gasteiger charge is -2.27. The van der Waals surface area contributed by atoms with E-state index >= 15 is 0 Å². The van der Waals surface area contributed by atoms with E-state index in [0.717, 1.165) is 45.7 Å². The molecule has 6 heteroatoms. The SMILES string of the molecule is COC(=O)c1ccc(Cc2c(C)n(CCN3CCNCC3)c3ccccc23)cc1.Cl. The van der Waals surface area contributed by atoms with E-state index in [1.807, 2.05) is 24.3 Å². The Balaban J connectivity index is 0.00000256. The topological polar surface area (TPSA) is 46.5 Å². The molecule has 0 amide bonds. The third-order valence-corrected chi connectivity index (χ3v) is 5.97. The van der Waals surface area contributed by atoms with Gasteiger partial charge in [0.1, 0.15) is 0 Å². The van der Waals surface area contributed by atoms with E-state index in [4.69, 9.17) is 4.74 Å². The molecule has 0 spiro atoms. The second-order valence-corrected chi connectivity index (χ2v) is 7.69. The molecule has 4 rings (SSSR count). The molecule has 0 atom stereocenters. The van der Waals surface area contributed by atoms with Crippen LogP contribution in [0, 0.1) is 6.92 Å². The highest BCUT2D eigenvalue weighted by Crippen LogP contribution is 2.28. The number of halogens is 1. The molecule has 1 N–H and O–H groups in total. The number of ether oxygens (including phenoxy) is 1. The van der Waals surface area contributed by atoms with Crippen molar-refractivity contribution in [1.29, 1.82) is 0 Å². The number of rotatable bonds is 6. The number of hydrogen-bond donors (Lipinski definition) is 1. The van der Waals surface area contributed by atoms with Gasteiger partial charge < -0.3 is 14.6 Å². The monoisotopic (exact) mass is 427 g/mol. The van der Waals surface area contributed by atoms with Crippen LogP contribution in [0.15, 0.2) is 48.5 Å². The lowest BCUT2D eigenvalue weighted by atomic mass is 10.0. The van der Waals surface area contributed by atoms with Crippen LogP contribution in [0.2, 0.25) is 0 Å². The summed E-state index contributed by atoms with van der Waals surface area (Å²) in [5.74, 6) is -0.294. The number of fused-ring (bicyclic) bond motifs is 1. The minimum atomic E-state index is -0.294. The van der Waals surface area contributed by atoms with Gasteiger partial charge in [0.15, 0.2) is 0 Å². The minimum absolute atomic E-state index is 0. The Morgan fingerprint density at radius 1 is 1.03 bits per heavy atom. The van der Waals surface area contributed by atoms with E-state index in [2.05, 4.69) is 46.0 Å². The quantitative estimate of drug-likeness (QED) is 0.610. The lowest BCUT2D eigenvalue weighted by Crippen LogP contribution is -2.44. The molecule has 0 bridgehead atoms. The Morgan fingerprint density at radius 3 is 2.43 bits per heavy atom. The predicted molar refractivity (Wildman–Crippen MR) is 124 cm³/mol. The van der Waals surface area contributed by atoms with Gasteiger partial charge >= 0.3 is 5.97 Å². The van der Waals surface area contributed by atoms with E-state index < -0.39 is 0 Å². The van der Waals surface area contributed by atoms with Crippen molar-refractivity contribution in [2.24, 2.45) is 0 Å². The van der Waals surface area contributed by atoms with Crippen LogP contribution in [0.3, 0.4) is 0 Å². The molecule has 5 nitrogen and oxygen atoms in total. The van der Waals surface area contributed by atoms with Gasteiger partial charge in [-0.3, -0.25) is 4.90 Å². The second kappa shape index (κ2) is 10.1. The molecule has 0 radical (unpaired) electrons. The number of benzene rings is 2. The van der Waals surface area contributed by atoms with Crippen LogP contribution in [0.4, 0.5) is 0 Å². The van der Waals surface area contributed by atoms with E-state index in [1.54, 1.807) is 0 Å². The fourth-order valence-corrected chi connectivity index (χ4v) is 4.27. The zero-order valence-corrected chi connectivity index (χ0v) is 18.5. The molecular weight excluding hydrogens is 398 g/mol. The van der Waals surface area contributed by atoms with Gasteiger partial charge in [-0.2, -0.15) is 0 Å². The summed E-state index contributed by atoms with van der Waals surface area (Å²) < 4.78 is 7.27. The Morgan fingerprint density at radius 2 is 1.73 bits per heavy atom. The van der Waals surface area contributed by atoms with Crippen LogP contribution < -0.4 is 5.32 Å². The summed E-state index contributed by atoms with van der Waals surface area (Å²) in [5.41, 5.74) is 5.80. The van der Waals surface area contributed by atoms with Crippen molar-refractivity contribution in [3.8, 4) is 0 Å². The molecule has 0 saturated carbocycles. The zero-order chi connectivity index (χ0) is 20.2. The number of aromatic nitrogens is 1. The Bertz CT molecular complexity index is 992. The van der Waals surface area contributed by atoms with E-state index in [1.165, 1.54) is 34.8 Å². The normalized spacial score (nSPS) is 14.5. The van der Waals surface area contributed by atoms with Crippen LogP contribution in [-0.2, 0) is 17.7 Å². The van der Waals surface area contributed by atoms with Gasteiger partial charge in [0.2, 0.25) is 0 Å². The van der Waals surface area contributed by atoms with Crippen LogP contribution in [0.1, 0.15) is 27.2 Å². The molecule has 2 heterocycles. The molecule has 0 unspecified atom stereocenters. The number of para-hydroxylation sites is 1. The fourth-order valence-electron chi connectivity index (χ4n) is 4.27. The molecule has 1 aliphatic heterocycles. The maximum absolute atomic E-state index is 11.7. The summed E-state index contributed by atoms with van der Waals surface area (Å²) in [4.78, 5) is 14.2. The summed E-state index contributed by atoms with van der Waals surface area (Å²) in [5, 5.41) is 4.74. The van der Waals surface area contributed by atoms with Gasteiger partial charge in [-0.25, -0.2) is 4.79 Å². The first-order valence-corrected chi connectivity index (χ1v) is 10.3. The zero-order valence-electron chi connectivity index (χ0n) is 17.7. The van der Waals surface area contributed by atoms with Gasteiger partial charge in [0, 0.05) is 55.9 Å². The first kappa shape index (κ1) is 22.3. The number of nitrogens with zero attached hydrogens (tertiary/aromatic N) is 2. The van der Waals surface area contributed by atoms with Crippen molar-refractivity contribution in [3.05, 3.63) is 70.9 Å². The summed E-state index contributed by atoms with van der Waals surface area (Å²) in [6.45, 7) is 8.73. The van der Waals surface area contributed by atoms with Crippen LogP contribution >= 0.6 is 12.4 Å². The second-order valence-electron chi connectivity index (χ2n) is 7.69. The molecular formula is C24H30ClN3O2. The first-order valence-electron chi connectivity index (χ1n) is 10.3. The maximum atomic E-state index is 11.7. The van der Waals surface area contributed by atoms with Crippen LogP contribution in [-0.4, -0.2) is 55.3 Å². The average molecular weight is 428 g/mol. The number of carbonyl (C=O) groups excluding carboxylic acids is 1. The van der Waals surface area contributed by atoms with Crippen LogP contribution in [0.25, 0.3) is 10.9 Å². The van der Waals surface area contributed by atoms with Gasteiger partial charge in [0.25, 0.3) is 0 Å². The molecule has 1 aromatic heterocycles. The largest absolute Gasteiger partial charge is 0.465 e. The van der Waals surface area contributed by atoms with Gasteiger partial charge in [-0.15, -0.1) is 12.4 Å². The smallest absolute Gasteiger partial charge is 0.337 e. The van der Waals surface area contributed by atoms with Gasteiger partial charge in [-0.1, -0.05) is 30.3 Å². The van der Waals surface area contributed by atoms with Crippen molar-refractivity contribution in [2.75, 3.05) is 39.8 Å². The summed E-state index contributed by atoms with van der Waals surface area (Å²) in [6.07, 6.45) is 0.856. The highest BCUT2D eigenvalue weighted by Gasteiger charge is 2.16. The Kier molecular flexibility index (Phi) is 7.53. The molecule has 30 heavy (non-hydrogen) atoms. The summed E-state index contributed by atoms with van der Waals surface area (Å²) in [7, 11) is 1.41. The third-order valence-electron chi connectivity index (χ3n) is 5.97. The third kappa shape index (κ3) is 4.69. The van der Waals surface area contributed by atoms with Crippen molar-refractivity contribution >= 4 is 29.3 Å². The van der Waals surface area contributed by atoms with Crippen molar-refractivity contribution in [2.45, 2.75) is 19.9 Å². The van der Waals surface area contributed by atoms with Crippen molar-refractivity contribution in [3.63, 3.8) is 0 Å². The van der Waals surface area contributed by atoms with E-state index in [0.29, 0.717) is 5.56 Å². The van der Waals surface area contributed by atoms with Crippen molar-refractivity contribution < 1.29 is 9.53 Å². The Labute approximate surface area is 184 Å². The molecule has 3 aromatic rings. The summed E-state index contributed by atoms with van der Waals surface area (Å²) in [6, 6.07) is 16.4. The fraction of sp³-hybridized carbons (Fsp3) is 0.375. The average Bonchev–Trinajstić information content (AvgIpc) is 3.04. The van der Waals surface area contributed by atoms with Gasteiger partial charge in [0.05, 0.1) is 12.7 Å². The standard InChI is InChI=1S/C24H29N3O2.ClH/c1-18-22(17-19-7-9-20(10-8-19)24(28)29-2)21-5-3-4-6-23(21)27(18)16-15-26-13-11-25-12-14-26;/h3-10,25H,11-17H2,1-2H3;1H. The molecule has 1 saturated heterocycles. The van der Waals surface area contributed by atoms with E-state index in [9.17, 15) is 4.79 Å². The number of methoxy groups -OCH3 is 1. The van der Waals surface area contributed by atoms with E-state index in [-0.39, 0.29) is 18.4 Å². The lowest BCUT2D eigenvalue weighted by molar-refractivity contribution is 0.0600. The van der Waals surface area contributed by atoms with Gasteiger partial charge in [-0.05, 0) is 42.7 Å². The number of esters is 1. The maximum Gasteiger partial charge on any atom is 0.337 e. The number of carbonyl (C=O) groups is 1. The Hall–Kier alpha value is -2.34.